The van der Waals surface area contributed by atoms with Gasteiger partial charge in [0.25, 0.3) is 0 Å². The van der Waals surface area contributed by atoms with Crippen LogP contribution in [0.4, 0.5) is 0 Å². The van der Waals surface area contributed by atoms with Crippen LogP contribution in [0.5, 0.6) is 5.75 Å². The van der Waals surface area contributed by atoms with Gasteiger partial charge in [0.1, 0.15) is 5.75 Å². The first-order chi connectivity index (χ1) is 12.0. The molecule has 0 aromatic heterocycles. The molecular formula is C20H29BO4S. The van der Waals surface area contributed by atoms with Gasteiger partial charge in [0.15, 0.2) is 5.12 Å². The summed E-state index contributed by atoms with van der Waals surface area (Å²) in [5.41, 5.74) is 1.15. The van der Waals surface area contributed by atoms with Crippen molar-refractivity contribution in [3.05, 3.63) is 35.3 Å². The highest BCUT2D eigenvalue weighted by atomic mass is 32.2. The van der Waals surface area contributed by atoms with Crippen molar-refractivity contribution in [2.45, 2.75) is 65.8 Å². The summed E-state index contributed by atoms with van der Waals surface area (Å²) in [4.78, 5) is 11.5. The highest BCUT2D eigenvalue weighted by Crippen LogP contribution is 2.39. The smallest absolute Gasteiger partial charge is 0.491 e. The molecule has 1 aliphatic heterocycles. The second-order valence-electron chi connectivity index (χ2n) is 7.82. The van der Waals surface area contributed by atoms with E-state index in [-0.39, 0.29) is 11.2 Å². The maximum atomic E-state index is 11.5. The van der Waals surface area contributed by atoms with E-state index in [1.165, 1.54) is 11.8 Å². The zero-order chi connectivity index (χ0) is 19.5. The number of carbonyl (C=O) groups excluding carboxylic acids is 1. The van der Waals surface area contributed by atoms with Crippen molar-refractivity contribution in [3.8, 4) is 5.75 Å². The van der Waals surface area contributed by atoms with Gasteiger partial charge in [-0.15, -0.1) is 0 Å². The van der Waals surface area contributed by atoms with Crippen molar-refractivity contribution in [3.63, 3.8) is 0 Å². The lowest BCUT2D eigenvalue weighted by molar-refractivity contribution is -0.109. The molecule has 2 rings (SSSR count). The molecule has 1 fully saturated rings. The maximum absolute atomic E-state index is 11.5. The Hall–Kier alpha value is -1.24. The molecule has 0 radical (unpaired) electrons. The molecular weight excluding hydrogens is 347 g/mol. The van der Waals surface area contributed by atoms with Crippen LogP contribution in [-0.2, 0) is 14.1 Å². The lowest BCUT2D eigenvalue weighted by Crippen LogP contribution is -2.41. The minimum atomic E-state index is -0.460. The summed E-state index contributed by atoms with van der Waals surface area (Å²) in [5, 5.41) is 0.0769. The van der Waals surface area contributed by atoms with Gasteiger partial charge in [0, 0.05) is 12.7 Å². The molecule has 6 heteroatoms. The van der Waals surface area contributed by atoms with Crippen molar-refractivity contribution >= 4 is 30.1 Å². The van der Waals surface area contributed by atoms with Gasteiger partial charge in [0.2, 0.25) is 0 Å². The van der Waals surface area contributed by atoms with E-state index in [0.29, 0.717) is 5.75 Å². The fourth-order valence-corrected chi connectivity index (χ4v) is 3.08. The second kappa shape index (κ2) is 8.20. The summed E-state index contributed by atoms with van der Waals surface area (Å²) >= 11 is 1.27. The van der Waals surface area contributed by atoms with E-state index in [0.717, 1.165) is 16.8 Å². The molecule has 1 aromatic rings. The summed E-state index contributed by atoms with van der Waals surface area (Å²) in [7, 11) is -0.460. The Balaban J connectivity index is 2.24. The van der Waals surface area contributed by atoms with E-state index in [9.17, 15) is 4.79 Å². The van der Waals surface area contributed by atoms with Gasteiger partial charge >= 0.3 is 7.12 Å². The van der Waals surface area contributed by atoms with Crippen LogP contribution < -0.4 is 4.74 Å². The predicted octanol–water partition coefficient (Wildman–Crippen LogP) is 4.77. The molecule has 4 nitrogen and oxygen atoms in total. The number of benzene rings is 1. The number of ether oxygens (including phenoxy) is 1. The molecule has 142 valence electrons. The minimum Gasteiger partial charge on any atom is -0.491 e. The summed E-state index contributed by atoms with van der Waals surface area (Å²) in [5.74, 6) is 1.38. The second-order valence-corrected chi connectivity index (χ2v) is 8.98. The van der Waals surface area contributed by atoms with Crippen molar-refractivity contribution in [1.29, 1.82) is 0 Å². The van der Waals surface area contributed by atoms with Gasteiger partial charge in [-0.25, -0.2) is 0 Å². The molecule has 0 unspecified atom stereocenters. The summed E-state index contributed by atoms with van der Waals surface area (Å²) in [6, 6.07) is 7.90. The molecule has 26 heavy (non-hydrogen) atoms. The van der Waals surface area contributed by atoms with Crippen LogP contribution in [0, 0.1) is 0 Å². The molecule has 0 amide bonds. The molecule has 0 bridgehead atoms. The summed E-state index contributed by atoms with van der Waals surface area (Å²) in [6.07, 6.45) is 2.18. The molecule has 0 atom stereocenters. The lowest BCUT2D eigenvalue weighted by atomic mass is 9.78. The van der Waals surface area contributed by atoms with Gasteiger partial charge in [-0.05, 0) is 64.7 Å². The van der Waals surface area contributed by atoms with Crippen LogP contribution in [0.1, 0.15) is 54.0 Å². The zero-order valence-corrected chi connectivity index (χ0v) is 17.6. The van der Waals surface area contributed by atoms with Crippen molar-refractivity contribution < 1.29 is 18.8 Å². The van der Waals surface area contributed by atoms with Gasteiger partial charge in [-0.3, -0.25) is 4.79 Å². The quantitative estimate of drug-likeness (QED) is 0.670. The Morgan fingerprint density at radius 3 is 2.15 bits per heavy atom. The Morgan fingerprint density at radius 1 is 1.15 bits per heavy atom. The standard InChI is InChI=1S/C20H29BO4S/c1-14(2)23-18-10-8-16(9-11-18)12-17(13-26-15(3)22)21-24-19(4,5)20(6,7)25-21/h8-12,14H,13H2,1-7H3. The van der Waals surface area contributed by atoms with Crippen molar-refractivity contribution in [1.82, 2.24) is 0 Å². The largest absolute Gasteiger partial charge is 0.491 e. The number of rotatable bonds is 6. The lowest BCUT2D eigenvalue weighted by Gasteiger charge is -2.32. The van der Waals surface area contributed by atoms with Gasteiger partial charge in [-0.1, -0.05) is 30.0 Å². The molecule has 1 saturated heterocycles. The maximum Gasteiger partial charge on any atom is 0.491 e. The van der Waals surface area contributed by atoms with E-state index >= 15 is 0 Å². The molecule has 0 spiro atoms. The van der Waals surface area contributed by atoms with E-state index in [4.69, 9.17) is 14.0 Å². The zero-order valence-electron chi connectivity index (χ0n) is 16.8. The predicted molar refractivity (Wildman–Crippen MR) is 109 cm³/mol. The number of thioether (sulfide) groups is 1. The first-order valence-electron chi connectivity index (χ1n) is 8.96. The summed E-state index contributed by atoms with van der Waals surface area (Å²) in [6.45, 7) is 13.7. The SMILES string of the molecule is CC(=O)SCC(=Cc1ccc(OC(C)C)cc1)B1OC(C)(C)C(C)(C)O1. The van der Waals surface area contributed by atoms with E-state index in [1.54, 1.807) is 6.92 Å². The van der Waals surface area contributed by atoms with Crippen LogP contribution in [0.15, 0.2) is 29.7 Å². The first kappa shape index (κ1) is 21.1. The molecule has 0 aliphatic carbocycles. The monoisotopic (exact) mass is 376 g/mol. The first-order valence-corrected chi connectivity index (χ1v) is 9.95. The number of hydrogen-bond donors (Lipinski definition) is 0. The Morgan fingerprint density at radius 2 is 1.69 bits per heavy atom. The van der Waals surface area contributed by atoms with Gasteiger partial charge in [0.05, 0.1) is 17.3 Å². The highest BCUT2D eigenvalue weighted by Gasteiger charge is 2.52. The number of hydrogen-bond acceptors (Lipinski definition) is 5. The van der Waals surface area contributed by atoms with Crippen LogP contribution in [-0.4, -0.2) is 35.3 Å². The Labute approximate surface area is 161 Å². The van der Waals surface area contributed by atoms with E-state index < -0.39 is 18.3 Å². The molecule has 1 heterocycles. The fourth-order valence-electron chi connectivity index (χ4n) is 2.49. The van der Waals surface area contributed by atoms with Crippen molar-refractivity contribution in [2.24, 2.45) is 0 Å². The molecule has 1 aliphatic rings. The summed E-state index contributed by atoms with van der Waals surface area (Å²) < 4.78 is 18.0. The average molecular weight is 376 g/mol. The van der Waals surface area contributed by atoms with Crippen LogP contribution in [0.3, 0.4) is 0 Å². The third-order valence-electron chi connectivity index (χ3n) is 4.60. The Kier molecular flexibility index (Phi) is 6.64. The normalized spacial score (nSPS) is 19.1. The van der Waals surface area contributed by atoms with Crippen molar-refractivity contribution in [2.75, 3.05) is 5.75 Å². The molecule has 0 N–H and O–H groups in total. The Bertz CT molecular complexity index is 649. The van der Waals surface area contributed by atoms with Crippen LogP contribution >= 0.6 is 11.8 Å². The topological polar surface area (TPSA) is 44.8 Å². The fraction of sp³-hybridized carbons (Fsp3) is 0.550. The third-order valence-corrected chi connectivity index (χ3v) is 5.49. The minimum absolute atomic E-state index is 0.0769. The molecule has 1 aromatic carbocycles. The van der Waals surface area contributed by atoms with E-state index in [1.807, 2.05) is 71.9 Å². The highest BCUT2D eigenvalue weighted by molar-refractivity contribution is 8.13. The third kappa shape index (κ3) is 5.38. The van der Waals surface area contributed by atoms with Crippen LogP contribution in [0.25, 0.3) is 6.08 Å². The number of carbonyl (C=O) groups is 1. The van der Waals surface area contributed by atoms with Gasteiger partial charge < -0.3 is 14.0 Å². The van der Waals surface area contributed by atoms with Crippen LogP contribution in [0.2, 0.25) is 0 Å². The molecule has 0 saturated carbocycles. The average Bonchev–Trinajstić information content (AvgIpc) is 2.72. The van der Waals surface area contributed by atoms with Gasteiger partial charge in [-0.2, -0.15) is 0 Å². The van der Waals surface area contributed by atoms with E-state index in [2.05, 4.69) is 0 Å².